The van der Waals surface area contributed by atoms with Crippen molar-refractivity contribution < 1.29 is 14.3 Å². The number of ether oxygens (including phenoxy) is 1. The number of amides is 2. The van der Waals surface area contributed by atoms with Crippen molar-refractivity contribution in [1.82, 2.24) is 10.3 Å². The van der Waals surface area contributed by atoms with Gasteiger partial charge in [0, 0.05) is 17.4 Å². The van der Waals surface area contributed by atoms with Crippen molar-refractivity contribution in [2.24, 2.45) is 0 Å². The molecule has 0 radical (unpaired) electrons. The lowest BCUT2D eigenvalue weighted by Gasteiger charge is -2.17. The summed E-state index contributed by atoms with van der Waals surface area (Å²) in [5.41, 5.74) is 2.66. The minimum Gasteiger partial charge on any atom is -0.410 e. The monoisotopic (exact) mass is 443 g/mol. The van der Waals surface area contributed by atoms with Crippen LogP contribution >= 0.6 is 11.3 Å². The molecule has 3 aromatic carbocycles. The number of thiazole rings is 1. The molecule has 2 N–H and O–H groups in total. The lowest BCUT2D eigenvalue weighted by Crippen LogP contribution is -2.46. The molecule has 0 saturated heterocycles. The van der Waals surface area contributed by atoms with E-state index in [0.717, 1.165) is 16.8 Å². The summed E-state index contributed by atoms with van der Waals surface area (Å²) in [5, 5.41) is 7.84. The molecule has 0 spiro atoms. The van der Waals surface area contributed by atoms with Gasteiger partial charge in [-0.05, 0) is 17.7 Å². The molecule has 1 unspecified atom stereocenters. The molecule has 32 heavy (non-hydrogen) atoms. The molecular formula is C25H21N3O3S. The van der Waals surface area contributed by atoms with Crippen molar-refractivity contribution in [2.45, 2.75) is 12.5 Å². The van der Waals surface area contributed by atoms with Gasteiger partial charge in [-0.2, -0.15) is 0 Å². The zero-order valence-electron chi connectivity index (χ0n) is 17.1. The highest BCUT2D eigenvalue weighted by Gasteiger charge is 2.23. The zero-order chi connectivity index (χ0) is 22.2. The Kier molecular flexibility index (Phi) is 6.89. The molecule has 1 heterocycles. The van der Waals surface area contributed by atoms with Crippen LogP contribution in [-0.2, 0) is 11.2 Å². The van der Waals surface area contributed by atoms with Crippen LogP contribution < -0.4 is 15.4 Å². The smallest absolute Gasteiger partial charge is 0.410 e. The fraction of sp³-hybridized carbons (Fsp3) is 0.0800. The first-order chi connectivity index (χ1) is 15.7. The van der Waals surface area contributed by atoms with Crippen LogP contribution in [0.25, 0.3) is 11.3 Å². The summed E-state index contributed by atoms with van der Waals surface area (Å²) in [7, 11) is 0. The molecule has 0 fully saturated rings. The van der Waals surface area contributed by atoms with E-state index in [0.29, 0.717) is 17.3 Å². The number of hydrogen-bond donors (Lipinski definition) is 2. The molecule has 0 aliphatic carbocycles. The fourth-order valence-corrected chi connectivity index (χ4v) is 3.81. The minimum atomic E-state index is -0.835. The van der Waals surface area contributed by atoms with E-state index in [1.54, 1.807) is 24.3 Å². The van der Waals surface area contributed by atoms with E-state index in [1.807, 2.05) is 72.1 Å². The second-order valence-corrected chi connectivity index (χ2v) is 7.84. The Hall–Kier alpha value is -3.97. The van der Waals surface area contributed by atoms with Crippen LogP contribution in [0.1, 0.15) is 5.56 Å². The van der Waals surface area contributed by atoms with Gasteiger partial charge in [0.1, 0.15) is 11.8 Å². The van der Waals surface area contributed by atoms with E-state index < -0.39 is 12.1 Å². The quantitative estimate of drug-likeness (QED) is 0.414. The first-order valence-corrected chi connectivity index (χ1v) is 10.9. The molecule has 6 nitrogen and oxygen atoms in total. The number of carbonyl (C=O) groups is 2. The zero-order valence-corrected chi connectivity index (χ0v) is 17.9. The van der Waals surface area contributed by atoms with Crippen molar-refractivity contribution in [3.05, 3.63) is 102 Å². The summed E-state index contributed by atoms with van der Waals surface area (Å²) < 4.78 is 5.30. The second-order valence-electron chi connectivity index (χ2n) is 6.98. The molecule has 2 amide bonds. The van der Waals surface area contributed by atoms with Gasteiger partial charge < -0.3 is 15.4 Å². The lowest BCUT2D eigenvalue weighted by atomic mass is 10.1. The molecule has 0 aliphatic rings. The van der Waals surface area contributed by atoms with E-state index >= 15 is 0 Å². The van der Waals surface area contributed by atoms with E-state index in [2.05, 4.69) is 15.6 Å². The third kappa shape index (κ3) is 5.80. The first-order valence-electron chi connectivity index (χ1n) is 10.1. The van der Waals surface area contributed by atoms with Crippen molar-refractivity contribution in [1.29, 1.82) is 0 Å². The number of rotatable bonds is 7. The second kappa shape index (κ2) is 10.4. The number of carbonyl (C=O) groups excluding carboxylic acids is 2. The van der Waals surface area contributed by atoms with Crippen LogP contribution in [0.15, 0.2) is 96.4 Å². The molecule has 0 bridgehead atoms. The third-order valence-electron chi connectivity index (χ3n) is 4.65. The minimum absolute atomic E-state index is 0.313. The van der Waals surface area contributed by atoms with E-state index in [9.17, 15) is 9.59 Å². The standard InChI is InChI=1S/C25H21N3O3S/c29-23(28-24-26-22(17-32-24)19-12-6-2-7-13-19)21(16-18-10-4-1-5-11-18)27-25(30)31-20-14-8-3-9-15-20/h1-15,17,21H,16H2,(H,27,30)(H,26,28,29). The highest BCUT2D eigenvalue weighted by molar-refractivity contribution is 7.14. The number of hydrogen-bond acceptors (Lipinski definition) is 5. The number of benzene rings is 3. The molecule has 0 saturated carbocycles. The lowest BCUT2D eigenvalue weighted by molar-refractivity contribution is -0.118. The molecule has 160 valence electrons. The number of para-hydroxylation sites is 1. The molecule has 1 aromatic heterocycles. The highest BCUT2D eigenvalue weighted by Crippen LogP contribution is 2.24. The van der Waals surface area contributed by atoms with Gasteiger partial charge in [0.05, 0.1) is 5.69 Å². The van der Waals surface area contributed by atoms with Gasteiger partial charge in [-0.3, -0.25) is 4.79 Å². The van der Waals surface area contributed by atoms with Crippen molar-refractivity contribution in [3.8, 4) is 17.0 Å². The summed E-state index contributed by atoms with van der Waals surface area (Å²) >= 11 is 1.33. The molecule has 4 rings (SSSR count). The van der Waals surface area contributed by atoms with E-state index in [-0.39, 0.29) is 5.91 Å². The maximum Gasteiger partial charge on any atom is 0.413 e. The summed E-state index contributed by atoms with van der Waals surface area (Å²) in [5.74, 6) is 0.0316. The average Bonchev–Trinajstić information content (AvgIpc) is 3.29. The van der Waals surface area contributed by atoms with Gasteiger partial charge in [-0.25, -0.2) is 9.78 Å². The number of nitrogens with zero attached hydrogens (tertiary/aromatic N) is 1. The Morgan fingerprint density at radius 1 is 0.875 bits per heavy atom. The van der Waals surface area contributed by atoms with Gasteiger partial charge in [-0.15, -0.1) is 11.3 Å². The third-order valence-corrected chi connectivity index (χ3v) is 5.41. The average molecular weight is 444 g/mol. The number of anilines is 1. The van der Waals surface area contributed by atoms with Gasteiger partial charge in [0.25, 0.3) is 0 Å². The molecular weight excluding hydrogens is 422 g/mol. The summed E-state index contributed by atoms with van der Waals surface area (Å²) in [6.07, 6.45) is -0.385. The van der Waals surface area contributed by atoms with E-state index in [4.69, 9.17) is 4.74 Å². The van der Waals surface area contributed by atoms with Gasteiger partial charge in [0.15, 0.2) is 5.13 Å². The van der Waals surface area contributed by atoms with Crippen molar-refractivity contribution in [3.63, 3.8) is 0 Å². The largest absolute Gasteiger partial charge is 0.413 e. The van der Waals surface area contributed by atoms with Crippen LogP contribution in [0.2, 0.25) is 0 Å². The normalized spacial score (nSPS) is 11.4. The summed E-state index contributed by atoms with van der Waals surface area (Å²) in [6.45, 7) is 0. The fourth-order valence-electron chi connectivity index (χ4n) is 3.09. The number of nitrogens with one attached hydrogen (secondary N) is 2. The van der Waals surface area contributed by atoms with Gasteiger partial charge in [0.2, 0.25) is 5.91 Å². The molecule has 4 aromatic rings. The highest BCUT2D eigenvalue weighted by atomic mass is 32.1. The topological polar surface area (TPSA) is 80.3 Å². The Balaban J connectivity index is 1.46. The SMILES string of the molecule is O=C(NC(Cc1ccccc1)C(=O)Nc1nc(-c2ccccc2)cs1)Oc1ccccc1. The first kappa shape index (κ1) is 21.3. The molecule has 0 aliphatic heterocycles. The maximum atomic E-state index is 13.0. The van der Waals surface area contributed by atoms with Gasteiger partial charge >= 0.3 is 6.09 Å². The Morgan fingerprint density at radius 2 is 1.50 bits per heavy atom. The molecule has 7 heteroatoms. The van der Waals surface area contributed by atoms with Crippen molar-refractivity contribution >= 4 is 28.5 Å². The Bertz CT molecular complexity index is 1160. The maximum absolute atomic E-state index is 13.0. The predicted molar refractivity (Wildman–Crippen MR) is 126 cm³/mol. The van der Waals surface area contributed by atoms with Crippen molar-refractivity contribution in [2.75, 3.05) is 5.32 Å². The molecule has 1 atom stereocenters. The van der Waals surface area contributed by atoms with Crippen LogP contribution in [0.4, 0.5) is 9.93 Å². The van der Waals surface area contributed by atoms with Gasteiger partial charge in [-0.1, -0.05) is 78.9 Å². The van der Waals surface area contributed by atoms with Crippen LogP contribution in [0.3, 0.4) is 0 Å². The Morgan fingerprint density at radius 3 is 2.19 bits per heavy atom. The van der Waals surface area contributed by atoms with Crippen LogP contribution in [-0.4, -0.2) is 23.0 Å². The number of aromatic nitrogens is 1. The summed E-state index contributed by atoms with van der Waals surface area (Å²) in [6, 6.07) is 27.1. The van der Waals surface area contributed by atoms with Crippen LogP contribution in [0.5, 0.6) is 5.75 Å². The summed E-state index contributed by atoms with van der Waals surface area (Å²) in [4.78, 5) is 30.0. The predicted octanol–water partition coefficient (Wildman–Crippen LogP) is 5.15. The Labute approximate surface area is 189 Å². The van der Waals surface area contributed by atoms with Crippen LogP contribution in [0, 0.1) is 0 Å². The van der Waals surface area contributed by atoms with E-state index in [1.165, 1.54) is 11.3 Å².